The van der Waals surface area contributed by atoms with Crippen LogP contribution in [0.4, 0.5) is 5.69 Å². The van der Waals surface area contributed by atoms with Crippen molar-refractivity contribution in [2.45, 2.75) is 13.3 Å². The van der Waals surface area contributed by atoms with Gasteiger partial charge in [-0.15, -0.1) is 0 Å². The first-order valence-corrected chi connectivity index (χ1v) is 5.91. The Morgan fingerprint density at radius 2 is 2.00 bits per heavy atom. The third kappa shape index (κ3) is 2.79. The lowest BCUT2D eigenvalue weighted by Crippen LogP contribution is -2.22. The van der Waals surface area contributed by atoms with E-state index in [2.05, 4.69) is 4.74 Å². The van der Waals surface area contributed by atoms with Crippen molar-refractivity contribution in [2.75, 3.05) is 18.3 Å². The van der Waals surface area contributed by atoms with Gasteiger partial charge in [0, 0.05) is 5.56 Å². The minimum absolute atomic E-state index is 0.135. The fourth-order valence-corrected chi connectivity index (χ4v) is 1.68. The molecule has 0 bridgehead atoms. The maximum absolute atomic E-state index is 11.6. The summed E-state index contributed by atoms with van der Waals surface area (Å²) in [5.41, 5.74) is 0.747. The molecular weight excluding hydrogens is 250 g/mol. The molecule has 1 heterocycles. The second-order valence-electron chi connectivity index (χ2n) is 3.87. The zero-order valence-electron chi connectivity index (χ0n) is 10.4. The summed E-state index contributed by atoms with van der Waals surface area (Å²) >= 11 is 0. The molecule has 0 atom stereocenters. The fraction of sp³-hybridized carbons (Fsp3) is 0.308. The Hall–Kier alpha value is -2.21. The summed E-state index contributed by atoms with van der Waals surface area (Å²) in [4.78, 5) is 39.5. The summed E-state index contributed by atoms with van der Waals surface area (Å²) < 4.78 is 4.63. The first-order chi connectivity index (χ1) is 9.13. The van der Waals surface area contributed by atoms with Crippen molar-refractivity contribution in [3.8, 4) is 0 Å². The number of anilines is 1. The second-order valence-corrected chi connectivity index (χ2v) is 3.87. The van der Waals surface area contributed by atoms with Gasteiger partial charge in [0.2, 0.25) is 0 Å². The van der Waals surface area contributed by atoms with Gasteiger partial charge < -0.3 is 4.74 Å². The van der Waals surface area contributed by atoms with Gasteiger partial charge in [-0.2, -0.15) is 5.06 Å². The van der Waals surface area contributed by atoms with Crippen molar-refractivity contribution >= 4 is 23.3 Å². The number of hydrogen-bond acceptors (Lipinski definition) is 5. The van der Waals surface area contributed by atoms with Crippen molar-refractivity contribution in [1.82, 2.24) is 0 Å². The molecular formula is C13H13NO5. The normalized spacial score (nSPS) is 14.6. The van der Waals surface area contributed by atoms with E-state index < -0.39 is 11.8 Å². The van der Waals surface area contributed by atoms with Gasteiger partial charge in [0.05, 0.1) is 25.3 Å². The number of hydroxylamine groups is 1. The average molecular weight is 263 g/mol. The van der Waals surface area contributed by atoms with E-state index in [0.717, 1.165) is 0 Å². The van der Waals surface area contributed by atoms with Crippen LogP contribution in [-0.2, 0) is 19.2 Å². The van der Waals surface area contributed by atoms with Gasteiger partial charge >= 0.3 is 5.97 Å². The highest BCUT2D eigenvalue weighted by Gasteiger charge is 2.24. The second kappa shape index (κ2) is 5.62. The number of amides is 1. The lowest BCUT2D eigenvalue weighted by atomic mass is 10.1. The van der Waals surface area contributed by atoms with E-state index in [-0.39, 0.29) is 18.1 Å². The fourth-order valence-electron chi connectivity index (χ4n) is 1.68. The molecule has 1 aliphatic rings. The number of benzene rings is 1. The molecule has 1 saturated heterocycles. The largest absolute Gasteiger partial charge is 0.460 e. The highest BCUT2D eigenvalue weighted by atomic mass is 16.7. The molecule has 1 aromatic carbocycles. The Kier molecular flexibility index (Phi) is 3.91. The van der Waals surface area contributed by atoms with E-state index in [0.29, 0.717) is 18.7 Å². The van der Waals surface area contributed by atoms with E-state index >= 15 is 0 Å². The van der Waals surface area contributed by atoms with Gasteiger partial charge in [0.15, 0.2) is 0 Å². The Bertz CT molecular complexity index is 508. The van der Waals surface area contributed by atoms with Crippen molar-refractivity contribution in [3.63, 3.8) is 0 Å². The molecule has 19 heavy (non-hydrogen) atoms. The lowest BCUT2D eigenvalue weighted by molar-refractivity contribution is -0.137. The summed E-state index contributed by atoms with van der Waals surface area (Å²) in [7, 11) is 0. The minimum atomic E-state index is -0.885. The molecule has 1 amide bonds. The van der Waals surface area contributed by atoms with Crippen molar-refractivity contribution in [2.24, 2.45) is 0 Å². The number of nitrogens with zero attached hydrogens (tertiary/aromatic N) is 1. The van der Waals surface area contributed by atoms with Crippen LogP contribution in [0, 0.1) is 0 Å². The first-order valence-electron chi connectivity index (χ1n) is 5.91. The zero-order valence-corrected chi connectivity index (χ0v) is 10.4. The SMILES string of the molecule is CCOC(=O)C(=O)c1ccc(N2OCCC2=O)cc1. The molecule has 0 unspecified atom stereocenters. The van der Waals surface area contributed by atoms with Crippen molar-refractivity contribution < 1.29 is 24.0 Å². The molecule has 1 aromatic rings. The smallest absolute Gasteiger partial charge is 0.379 e. The van der Waals surface area contributed by atoms with Crippen LogP contribution in [0.3, 0.4) is 0 Å². The molecule has 6 nitrogen and oxygen atoms in total. The van der Waals surface area contributed by atoms with Crippen LogP contribution in [-0.4, -0.2) is 30.9 Å². The van der Waals surface area contributed by atoms with Gasteiger partial charge in [-0.3, -0.25) is 14.4 Å². The van der Waals surface area contributed by atoms with Crippen LogP contribution >= 0.6 is 0 Å². The molecule has 1 fully saturated rings. The van der Waals surface area contributed by atoms with E-state index in [1.54, 1.807) is 19.1 Å². The number of esters is 1. The third-order valence-corrected chi connectivity index (χ3v) is 2.59. The molecule has 2 rings (SSSR count). The van der Waals surface area contributed by atoms with Gasteiger partial charge in [-0.1, -0.05) is 0 Å². The standard InChI is InChI=1S/C13H13NO5/c1-2-18-13(17)12(16)9-3-5-10(6-4-9)14-11(15)7-8-19-14/h3-6H,2,7-8H2,1H3. The highest BCUT2D eigenvalue weighted by Crippen LogP contribution is 2.20. The monoisotopic (exact) mass is 263 g/mol. The van der Waals surface area contributed by atoms with Crippen molar-refractivity contribution in [3.05, 3.63) is 29.8 Å². The number of rotatable bonds is 4. The van der Waals surface area contributed by atoms with Gasteiger partial charge in [0.1, 0.15) is 0 Å². The molecule has 0 N–H and O–H groups in total. The molecule has 1 aliphatic heterocycles. The molecule has 0 spiro atoms. The first kappa shape index (κ1) is 13.2. The predicted octanol–water partition coefficient (Wildman–Crippen LogP) is 1.10. The van der Waals surface area contributed by atoms with E-state index in [4.69, 9.17) is 4.84 Å². The van der Waals surface area contributed by atoms with E-state index in [1.165, 1.54) is 17.2 Å². The van der Waals surface area contributed by atoms with Crippen LogP contribution in [0.2, 0.25) is 0 Å². The summed E-state index contributed by atoms with van der Waals surface area (Å²) in [5, 5.41) is 1.18. The summed E-state index contributed by atoms with van der Waals surface area (Å²) in [6, 6.07) is 6.03. The summed E-state index contributed by atoms with van der Waals surface area (Å²) in [5.74, 6) is -1.73. The number of hydrogen-bond donors (Lipinski definition) is 0. The maximum atomic E-state index is 11.6. The highest BCUT2D eigenvalue weighted by molar-refractivity contribution is 6.40. The Balaban J connectivity index is 2.12. The lowest BCUT2D eigenvalue weighted by Gasteiger charge is -2.13. The summed E-state index contributed by atoms with van der Waals surface area (Å²) in [6.45, 7) is 2.13. The predicted molar refractivity (Wildman–Crippen MR) is 65.5 cm³/mol. The molecule has 0 radical (unpaired) electrons. The van der Waals surface area contributed by atoms with E-state index in [9.17, 15) is 14.4 Å². The number of ketones is 1. The average Bonchev–Trinajstić information content (AvgIpc) is 2.84. The Labute approximate surface area is 109 Å². The Morgan fingerprint density at radius 3 is 2.53 bits per heavy atom. The number of Topliss-reactive ketones (excluding diaryl/α,β-unsaturated/α-hetero) is 1. The molecule has 0 aromatic heterocycles. The van der Waals surface area contributed by atoms with Crippen LogP contribution in [0.1, 0.15) is 23.7 Å². The molecule has 0 saturated carbocycles. The number of carbonyl (C=O) groups excluding carboxylic acids is 3. The third-order valence-electron chi connectivity index (χ3n) is 2.59. The van der Waals surface area contributed by atoms with Crippen LogP contribution in [0.15, 0.2) is 24.3 Å². The summed E-state index contributed by atoms with van der Waals surface area (Å²) in [6.07, 6.45) is 0.337. The number of ether oxygens (including phenoxy) is 1. The van der Waals surface area contributed by atoms with Gasteiger partial charge in [-0.05, 0) is 31.2 Å². The molecule has 0 aliphatic carbocycles. The van der Waals surface area contributed by atoms with Crippen LogP contribution in [0.5, 0.6) is 0 Å². The van der Waals surface area contributed by atoms with Crippen LogP contribution in [0.25, 0.3) is 0 Å². The maximum Gasteiger partial charge on any atom is 0.379 e. The van der Waals surface area contributed by atoms with E-state index in [1.807, 2.05) is 0 Å². The van der Waals surface area contributed by atoms with Crippen molar-refractivity contribution in [1.29, 1.82) is 0 Å². The topological polar surface area (TPSA) is 72.9 Å². The van der Waals surface area contributed by atoms with Gasteiger partial charge in [0.25, 0.3) is 11.7 Å². The zero-order chi connectivity index (χ0) is 13.8. The van der Waals surface area contributed by atoms with Crippen LogP contribution < -0.4 is 5.06 Å². The number of carbonyl (C=O) groups is 3. The minimum Gasteiger partial charge on any atom is -0.460 e. The Morgan fingerprint density at radius 1 is 1.32 bits per heavy atom. The quantitative estimate of drug-likeness (QED) is 0.462. The molecule has 6 heteroatoms. The molecule has 100 valence electrons. The van der Waals surface area contributed by atoms with Gasteiger partial charge in [-0.25, -0.2) is 4.79 Å².